The van der Waals surface area contributed by atoms with Crippen LogP contribution in [-0.4, -0.2) is 31.3 Å². The van der Waals surface area contributed by atoms with Gasteiger partial charge in [0, 0.05) is 19.3 Å². The van der Waals surface area contributed by atoms with Crippen LogP contribution in [0.4, 0.5) is 5.69 Å². The molecule has 2 unspecified atom stereocenters. The highest BCUT2D eigenvalue weighted by Gasteiger charge is 2.27. The van der Waals surface area contributed by atoms with Crippen molar-refractivity contribution in [2.75, 3.05) is 25.0 Å². The lowest BCUT2D eigenvalue weighted by atomic mass is 9.95. The molecule has 1 aromatic rings. The first-order valence-electron chi connectivity index (χ1n) is 6.51. The lowest BCUT2D eigenvalue weighted by Gasteiger charge is -2.28. The Morgan fingerprint density at radius 1 is 1.41 bits per heavy atom. The second-order valence-electron chi connectivity index (χ2n) is 5.20. The maximum absolute atomic E-state index is 9.93. The molecule has 0 radical (unpaired) electrons. The van der Waals surface area contributed by atoms with Crippen LogP contribution in [0.1, 0.15) is 30.0 Å². The number of aliphatic hydroxyl groups excluding tert-OH is 1. The lowest BCUT2D eigenvalue weighted by molar-refractivity contribution is 0.160. The molecule has 0 bridgehead atoms. The number of rotatable bonds is 1. The number of hydrogen-bond donors (Lipinski definition) is 2. The summed E-state index contributed by atoms with van der Waals surface area (Å²) in [6, 6.07) is 6.77. The SMILES string of the molecule is CN1CCCc2cc(C3NCCC3O)ccc21. The second-order valence-corrected chi connectivity index (χ2v) is 5.20. The molecule has 1 saturated heterocycles. The molecule has 2 N–H and O–H groups in total. The zero-order chi connectivity index (χ0) is 11.8. The molecule has 0 aliphatic carbocycles. The fourth-order valence-electron chi connectivity index (χ4n) is 3.03. The van der Waals surface area contributed by atoms with Gasteiger partial charge < -0.3 is 15.3 Å². The number of aryl methyl sites for hydroxylation is 1. The number of anilines is 1. The van der Waals surface area contributed by atoms with Gasteiger partial charge in [0.1, 0.15) is 0 Å². The average Bonchev–Trinajstić information content (AvgIpc) is 2.75. The third kappa shape index (κ3) is 1.94. The van der Waals surface area contributed by atoms with E-state index in [1.807, 2.05) is 0 Å². The Morgan fingerprint density at radius 2 is 2.29 bits per heavy atom. The van der Waals surface area contributed by atoms with E-state index in [0.717, 1.165) is 25.9 Å². The van der Waals surface area contributed by atoms with E-state index in [0.29, 0.717) is 0 Å². The summed E-state index contributed by atoms with van der Waals surface area (Å²) in [6.45, 7) is 2.07. The summed E-state index contributed by atoms with van der Waals surface area (Å²) in [4.78, 5) is 2.32. The summed E-state index contributed by atoms with van der Waals surface area (Å²) >= 11 is 0. The number of aliphatic hydroxyl groups is 1. The Balaban J connectivity index is 1.92. The van der Waals surface area contributed by atoms with E-state index >= 15 is 0 Å². The summed E-state index contributed by atoms with van der Waals surface area (Å²) in [5, 5.41) is 13.3. The van der Waals surface area contributed by atoms with E-state index in [1.54, 1.807) is 0 Å². The van der Waals surface area contributed by atoms with Crippen molar-refractivity contribution >= 4 is 5.69 Å². The molecule has 3 nitrogen and oxygen atoms in total. The molecular formula is C14H20N2O. The molecule has 17 heavy (non-hydrogen) atoms. The van der Waals surface area contributed by atoms with E-state index in [1.165, 1.54) is 23.2 Å². The van der Waals surface area contributed by atoms with Crippen LogP contribution in [0.15, 0.2) is 18.2 Å². The molecule has 2 aliphatic rings. The van der Waals surface area contributed by atoms with Gasteiger partial charge in [0.2, 0.25) is 0 Å². The van der Waals surface area contributed by atoms with Crippen LogP contribution in [0, 0.1) is 0 Å². The minimum Gasteiger partial charge on any atom is -0.391 e. The van der Waals surface area contributed by atoms with E-state index in [4.69, 9.17) is 0 Å². The number of hydrogen-bond acceptors (Lipinski definition) is 3. The Bertz CT molecular complexity index is 419. The first-order valence-corrected chi connectivity index (χ1v) is 6.51. The first kappa shape index (κ1) is 11.1. The van der Waals surface area contributed by atoms with Crippen molar-refractivity contribution in [1.82, 2.24) is 5.32 Å². The predicted molar refractivity (Wildman–Crippen MR) is 69.4 cm³/mol. The molecule has 0 spiro atoms. The topological polar surface area (TPSA) is 35.5 Å². The zero-order valence-electron chi connectivity index (χ0n) is 10.3. The molecule has 3 rings (SSSR count). The largest absolute Gasteiger partial charge is 0.391 e. The summed E-state index contributed by atoms with van der Waals surface area (Å²) in [7, 11) is 2.15. The van der Waals surface area contributed by atoms with Crippen LogP contribution in [0.2, 0.25) is 0 Å². The highest BCUT2D eigenvalue weighted by atomic mass is 16.3. The van der Waals surface area contributed by atoms with Crippen molar-refractivity contribution in [1.29, 1.82) is 0 Å². The zero-order valence-corrected chi connectivity index (χ0v) is 10.3. The van der Waals surface area contributed by atoms with Gasteiger partial charge in [-0.15, -0.1) is 0 Å². The van der Waals surface area contributed by atoms with E-state index < -0.39 is 0 Å². The van der Waals surface area contributed by atoms with E-state index in [-0.39, 0.29) is 12.1 Å². The van der Waals surface area contributed by atoms with Crippen LogP contribution in [-0.2, 0) is 6.42 Å². The maximum Gasteiger partial charge on any atom is 0.0747 e. The molecule has 2 aliphatic heterocycles. The van der Waals surface area contributed by atoms with Crippen LogP contribution in [0.3, 0.4) is 0 Å². The van der Waals surface area contributed by atoms with Gasteiger partial charge in [-0.25, -0.2) is 0 Å². The number of nitrogens with zero attached hydrogens (tertiary/aromatic N) is 1. The van der Waals surface area contributed by atoms with Crippen LogP contribution in [0.25, 0.3) is 0 Å². The number of fused-ring (bicyclic) bond motifs is 1. The third-order valence-electron chi connectivity index (χ3n) is 4.00. The van der Waals surface area contributed by atoms with Crippen molar-refractivity contribution in [3.8, 4) is 0 Å². The molecule has 3 heteroatoms. The Kier molecular flexibility index (Phi) is 2.81. The minimum atomic E-state index is -0.227. The normalized spacial score (nSPS) is 28.2. The summed E-state index contributed by atoms with van der Waals surface area (Å²) in [5.74, 6) is 0. The molecule has 2 heterocycles. The van der Waals surface area contributed by atoms with Gasteiger partial charge in [-0.05, 0) is 43.0 Å². The van der Waals surface area contributed by atoms with Gasteiger partial charge in [0.05, 0.1) is 12.1 Å². The summed E-state index contributed by atoms with van der Waals surface area (Å²) in [5.41, 5.74) is 4.02. The van der Waals surface area contributed by atoms with Gasteiger partial charge in [0.25, 0.3) is 0 Å². The van der Waals surface area contributed by atoms with Crippen molar-refractivity contribution in [2.45, 2.75) is 31.4 Å². The quantitative estimate of drug-likeness (QED) is 0.769. The number of benzene rings is 1. The average molecular weight is 232 g/mol. The number of nitrogens with one attached hydrogen (secondary N) is 1. The van der Waals surface area contributed by atoms with Gasteiger partial charge >= 0.3 is 0 Å². The maximum atomic E-state index is 9.93. The molecule has 0 amide bonds. The van der Waals surface area contributed by atoms with Gasteiger partial charge in [-0.1, -0.05) is 12.1 Å². The monoisotopic (exact) mass is 232 g/mol. The Labute approximate surface area is 102 Å². The molecule has 0 aromatic heterocycles. The van der Waals surface area contributed by atoms with E-state index in [9.17, 15) is 5.11 Å². The van der Waals surface area contributed by atoms with Crippen molar-refractivity contribution in [3.63, 3.8) is 0 Å². The standard InChI is InChI=1S/C14H20N2O/c1-16-8-2-3-10-9-11(4-5-12(10)16)14-13(17)6-7-15-14/h4-5,9,13-15,17H,2-3,6-8H2,1H3. The third-order valence-corrected chi connectivity index (χ3v) is 4.00. The highest BCUT2D eigenvalue weighted by molar-refractivity contribution is 5.56. The van der Waals surface area contributed by atoms with Gasteiger partial charge in [0.15, 0.2) is 0 Å². The summed E-state index contributed by atoms with van der Waals surface area (Å²) in [6.07, 6.45) is 3.03. The Hall–Kier alpha value is -1.06. The lowest BCUT2D eigenvalue weighted by Crippen LogP contribution is -2.26. The second kappa shape index (κ2) is 4.31. The van der Waals surface area contributed by atoms with Crippen LogP contribution < -0.4 is 10.2 Å². The van der Waals surface area contributed by atoms with Gasteiger partial charge in [-0.2, -0.15) is 0 Å². The molecular weight excluding hydrogens is 212 g/mol. The van der Waals surface area contributed by atoms with Crippen molar-refractivity contribution in [3.05, 3.63) is 29.3 Å². The smallest absolute Gasteiger partial charge is 0.0747 e. The van der Waals surface area contributed by atoms with E-state index in [2.05, 4.69) is 35.5 Å². The summed E-state index contributed by atoms with van der Waals surface area (Å²) < 4.78 is 0. The van der Waals surface area contributed by atoms with Crippen molar-refractivity contribution < 1.29 is 5.11 Å². The van der Waals surface area contributed by atoms with Crippen LogP contribution in [0.5, 0.6) is 0 Å². The molecule has 1 fully saturated rings. The van der Waals surface area contributed by atoms with Crippen LogP contribution >= 0.6 is 0 Å². The fraction of sp³-hybridized carbons (Fsp3) is 0.571. The predicted octanol–water partition coefficient (Wildman–Crippen LogP) is 1.46. The molecule has 92 valence electrons. The molecule has 1 aromatic carbocycles. The van der Waals surface area contributed by atoms with Crippen molar-refractivity contribution in [2.24, 2.45) is 0 Å². The molecule has 2 atom stereocenters. The highest BCUT2D eigenvalue weighted by Crippen LogP contribution is 2.31. The fourth-order valence-corrected chi connectivity index (χ4v) is 3.03. The molecule has 0 saturated carbocycles. The first-order chi connectivity index (χ1) is 8.25. The Morgan fingerprint density at radius 3 is 3.06 bits per heavy atom. The van der Waals surface area contributed by atoms with Gasteiger partial charge in [-0.3, -0.25) is 0 Å². The minimum absolute atomic E-state index is 0.132.